The Kier molecular flexibility index (Phi) is 3.73. The van der Waals surface area contributed by atoms with Crippen LogP contribution in [-0.2, 0) is 0 Å². The molecule has 0 aromatic heterocycles. The molecule has 0 heterocycles. The number of aromatic hydroxyl groups is 2. The maximum absolute atomic E-state index is 13.0. The molecule has 0 aliphatic heterocycles. The van der Waals surface area contributed by atoms with Crippen LogP contribution in [-0.4, -0.2) is 21.9 Å². The van der Waals surface area contributed by atoms with Crippen LogP contribution in [0.4, 0.5) is 4.39 Å². The topological polar surface area (TPSA) is 86.7 Å². The third-order valence-corrected chi connectivity index (χ3v) is 2.35. The Labute approximate surface area is 90.7 Å². The Bertz CT molecular complexity index is 373. The van der Waals surface area contributed by atoms with E-state index in [2.05, 4.69) is 0 Å². The Morgan fingerprint density at radius 3 is 2.53 bits per heavy atom. The fourth-order valence-electron chi connectivity index (χ4n) is 1.18. The van der Waals surface area contributed by atoms with E-state index >= 15 is 0 Å². The van der Waals surface area contributed by atoms with Crippen molar-refractivity contribution in [2.45, 2.75) is 12.5 Å². The highest BCUT2D eigenvalue weighted by Gasteiger charge is 2.20. The van der Waals surface area contributed by atoms with Gasteiger partial charge in [-0.15, -0.1) is 0 Å². The number of hydrogen-bond donors (Lipinski definition) is 4. The van der Waals surface area contributed by atoms with Gasteiger partial charge in [-0.05, 0) is 19.0 Å². The van der Waals surface area contributed by atoms with E-state index in [9.17, 15) is 14.6 Å². The average molecular weight is 236 g/mol. The molecule has 6 heteroatoms. The minimum Gasteiger partial charge on any atom is -0.506 e. The quantitative estimate of drug-likeness (QED) is 0.636. The minimum atomic E-state index is -1.11. The number of nitrogens with two attached hydrogens (primary N) is 1. The summed E-state index contributed by atoms with van der Waals surface area (Å²) in [4.78, 5) is 0. The number of halogens is 2. The molecule has 0 spiro atoms. The van der Waals surface area contributed by atoms with Crippen LogP contribution in [0.5, 0.6) is 11.5 Å². The van der Waals surface area contributed by atoms with Crippen molar-refractivity contribution < 1.29 is 19.7 Å². The first-order valence-electron chi connectivity index (χ1n) is 4.27. The van der Waals surface area contributed by atoms with Crippen LogP contribution in [0.1, 0.15) is 18.1 Å². The van der Waals surface area contributed by atoms with Gasteiger partial charge in [0, 0.05) is 5.56 Å². The van der Waals surface area contributed by atoms with E-state index < -0.39 is 28.4 Å². The SMILES string of the molecule is NCCC(O)c1cc(F)c(O)c(Cl)c1O. The predicted molar refractivity (Wildman–Crippen MR) is 53.4 cm³/mol. The number of phenolic OH excluding ortho intramolecular Hbond substituents is 2. The van der Waals surface area contributed by atoms with Crippen LogP contribution in [0, 0.1) is 5.82 Å². The molecule has 0 saturated heterocycles. The van der Waals surface area contributed by atoms with E-state index in [1.165, 1.54) is 0 Å². The molecule has 0 amide bonds. The Hall–Kier alpha value is -1.04. The smallest absolute Gasteiger partial charge is 0.174 e. The fraction of sp³-hybridized carbons (Fsp3) is 0.333. The second kappa shape index (κ2) is 4.65. The molecule has 84 valence electrons. The highest BCUT2D eigenvalue weighted by Crippen LogP contribution is 2.40. The molecular weight excluding hydrogens is 225 g/mol. The van der Waals surface area contributed by atoms with Crippen LogP contribution in [0.3, 0.4) is 0 Å². The molecule has 1 aromatic rings. The monoisotopic (exact) mass is 235 g/mol. The van der Waals surface area contributed by atoms with Gasteiger partial charge < -0.3 is 21.1 Å². The summed E-state index contributed by atoms with van der Waals surface area (Å²) >= 11 is 5.45. The molecule has 1 aromatic carbocycles. The van der Waals surface area contributed by atoms with Gasteiger partial charge in [-0.25, -0.2) is 4.39 Å². The van der Waals surface area contributed by atoms with E-state index in [-0.39, 0.29) is 18.5 Å². The molecule has 0 radical (unpaired) electrons. The summed E-state index contributed by atoms with van der Waals surface area (Å²) in [5.74, 6) is -2.36. The molecular formula is C9H11ClFNO3. The summed E-state index contributed by atoms with van der Waals surface area (Å²) in [6.45, 7) is 0.181. The standard InChI is InChI=1S/C9H11ClFNO3/c10-7-8(14)4(6(13)1-2-12)3-5(11)9(7)15/h3,6,13-15H,1-2,12H2. The zero-order chi connectivity index (χ0) is 11.6. The summed E-state index contributed by atoms with van der Waals surface area (Å²) < 4.78 is 13.0. The number of aliphatic hydroxyl groups is 1. The number of phenols is 2. The van der Waals surface area contributed by atoms with Gasteiger partial charge in [0.1, 0.15) is 10.8 Å². The molecule has 15 heavy (non-hydrogen) atoms. The van der Waals surface area contributed by atoms with Crippen molar-refractivity contribution in [1.29, 1.82) is 0 Å². The van der Waals surface area contributed by atoms with Gasteiger partial charge in [0.25, 0.3) is 0 Å². The molecule has 5 N–H and O–H groups in total. The number of hydrogen-bond acceptors (Lipinski definition) is 4. The van der Waals surface area contributed by atoms with Crippen molar-refractivity contribution in [3.63, 3.8) is 0 Å². The number of rotatable bonds is 3. The lowest BCUT2D eigenvalue weighted by molar-refractivity contribution is 0.166. The molecule has 0 bridgehead atoms. The van der Waals surface area contributed by atoms with Crippen molar-refractivity contribution in [2.75, 3.05) is 6.54 Å². The molecule has 1 atom stereocenters. The van der Waals surface area contributed by atoms with Crippen LogP contribution < -0.4 is 5.73 Å². The third kappa shape index (κ3) is 2.31. The lowest BCUT2D eigenvalue weighted by atomic mass is 10.0. The van der Waals surface area contributed by atoms with Gasteiger partial charge in [-0.1, -0.05) is 11.6 Å². The fourth-order valence-corrected chi connectivity index (χ4v) is 1.38. The molecule has 0 saturated carbocycles. The molecule has 0 aliphatic carbocycles. The zero-order valence-electron chi connectivity index (χ0n) is 7.74. The maximum atomic E-state index is 13.0. The van der Waals surface area contributed by atoms with Crippen molar-refractivity contribution in [3.05, 3.63) is 22.5 Å². The van der Waals surface area contributed by atoms with Gasteiger partial charge in [-0.2, -0.15) is 0 Å². The first-order valence-corrected chi connectivity index (χ1v) is 4.64. The van der Waals surface area contributed by atoms with Crippen molar-refractivity contribution in [3.8, 4) is 11.5 Å². The first-order chi connectivity index (χ1) is 6.99. The Balaban J connectivity index is 3.19. The highest BCUT2D eigenvalue weighted by atomic mass is 35.5. The molecule has 1 rings (SSSR count). The van der Waals surface area contributed by atoms with E-state index in [1.54, 1.807) is 0 Å². The van der Waals surface area contributed by atoms with Crippen LogP contribution in [0.2, 0.25) is 5.02 Å². The Morgan fingerprint density at radius 1 is 1.40 bits per heavy atom. The van der Waals surface area contributed by atoms with Gasteiger partial charge in [0.05, 0.1) is 6.10 Å². The normalized spacial score (nSPS) is 12.8. The van der Waals surface area contributed by atoms with Crippen molar-refractivity contribution in [1.82, 2.24) is 0 Å². The van der Waals surface area contributed by atoms with Gasteiger partial charge in [-0.3, -0.25) is 0 Å². The van der Waals surface area contributed by atoms with Crippen LogP contribution in [0.15, 0.2) is 6.07 Å². The Morgan fingerprint density at radius 2 is 2.00 bits per heavy atom. The molecule has 1 unspecified atom stereocenters. The van der Waals surface area contributed by atoms with Crippen molar-refractivity contribution in [2.24, 2.45) is 5.73 Å². The number of benzene rings is 1. The summed E-state index contributed by atoms with van der Waals surface area (Å²) in [7, 11) is 0. The van der Waals surface area contributed by atoms with Gasteiger partial charge in [0.2, 0.25) is 0 Å². The second-order valence-corrected chi connectivity index (χ2v) is 3.43. The highest BCUT2D eigenvalue weighted by molar-refractivity contribution is 6.33. The molecule has 0 fully saturated rings. The summed E-state index contributed by atoms with van der Waals surface area (Å²) in [6.07, 6.45) is -0.948. The largest absolute Gasteiger partial charge is 0.506 e. The molecule has 0 aliphatic rings. The summed E-state index contributed by atoms with van der Waals surface area (Å²) in [6, 6.07) is 0.830. The predicted octanol–water partition coefficient (Wildman–Crippen LogP) is 1.27. The van der Waals surface area contributed by atoms with Gasteiger partial charge in [0.15, 0.2) is 11.6 Å². The number of aliphatic hydroxyl groups excluding tert-OH is 1. The third-order valence-electron chi connectivity index (χ3n) is 2.00. The summed E-state index contributed by atoms with van der Waals surface area (Å²) in [5, 5.41) is 27.5. The van der Waals surface area contributed by atoms with E-state index in [0.29, 0.717) is 0 Å². The second-order valence-electron chi connectivity index (χ2n) is 3.05. The average Bonchev–Trinajstić information content (AvgIpc) is 2.20. The van der Waals surface area contributed by atoms with Crippen LogP contribution >= 0.6 is 11.6 Å². The van der Waals surface area contributed by atoms with Crippen molar-refractivity contribution >= 4 is 11.6 Å². The molecule has 4 nitrogen and oxygen atoms in total. The lowest BCUT2D eigenvalue weighted by Gasteiger charge is -2.13. The lowest BCUT2D eigenvalue weighted by Crippen LogP contribution is -2.07. The maximum Gasteiger partial charge on any atom is 0.174 e. The van der Waals surface area contributed by atoms with E-state index in [0.717, 1.165) is 6.07 Å². The van der Waals surface area contributed by atoms with E-state index in [4.69, 9.17) is 22.4 Å². The summed E-state index contributed by atoms with van der Waals surface area (Å²) in [5.41, 5.74) is 5.12. The first kappa shape index (κ1) is 12.0. The van der Waals surface area contributed by atoms with Crippen LogP contribution in [0.25, 0.3) is 0 Å². The zero-order valence-corrected chi connectivity index (χ0v) is 8.50. The minimum absolute atomic E-state index is 0.0826. The van der Waals surface area contributed by atoms with E-state index in [1.807, 2.05) is 0 Å². The van der Waals surface area contributed by atoms with Gasteiger partial charge >= 0.3 is 0 Å².